The van der Waals surface area contributed by atoms with Crippen LogP contribution in [0, 0.1) is 10.1 Å². The highest BCUT2D eigenvalue weighted by Crippen LogP contribution is 2.46. The van der Waals surface area contributed by atoms with Gasteiger partial charge < -0.3 is 20.1 Å². The van der Waals surface area contributed by atoms with Crippen LogP contribution in [0.2, 0.25) is 0 Å². The predicted octanol–water partition coefficient (Wildman–Crippen LogP) is 5.36. The van der Waals surface area contributed by atoms with Gasteiger partial charge >= 0.3 is 11.9 Å². The first-order valence-corrected chi connectivity index (χ1v) is 12.4. The van der Waals surface area contributed by atoms with E-state index in [9.17, 15) is 35.0 Å². The van der Waals surface area contributed by atoms with Gasteiger partial charge in [0, 0.05) is 35.0 Å². The second-order valence-electron chi connectivity index (χ2n) is 9.08. The van der Waals surface area contributed by atoms with E-state index in [-0.39, 0.29) is 28.3 Å². The number of nitrogens with zero attached hydrogens (tertiary/aromatic N) is 2. The number of nitro groups is 1. The van der Waals surface area contributed by atoms with Gasteiger partial charge in [0.1, 0.15) is 11.5 Å². The quantitative estimate of drug-likeness (QED) is 0.0766. The Bertz CT molecular complexity index is 1850. The average Bonchev–Trinajstić information content (AvgIpc) is 2.98. The number of phenolic OH excluding ortho intramolecular Hbond substituents is 1. The number of aliphatic imine (C=N–C) groups is 1. The molecule has 0 saturated heterocycles. The number of aliphatic carboxylic acids is 1. The largest absolute Gasteiger partial charge is 0.507 e. The van der Waals surface area contributed by atoms with E-state index in [0.29, 0.717) is 27.3 Å². The van der Waals surface area contributed by atoms with Gasteiger partial charge in [-0.25, -0.2) is 9.59 Å². The van der Waals surface area contributed by atoms with Crippen LogP contribution >= 0.6 is 0 Å². The van der Waals surface area contributed by atoms with Crippen LogP contribution in [0.5, 0.6) is 11.5 Å². The molecular weight excluding hydrogens is 528 g/mol. The number of hydrogen-bond donors (Lipinski definition) is 3. The van der Waals surface area contributed by atoms with Gasteiger partial charge in [0.15, 0.2) is 6.04 Å². The molecule has 0 spiro atoms. The first-order valence-electron chi connectivity index (χ1n) is 12.4. The van der Waals surface area contributed by atoms with Crippen molar-refractivity contribution in [3.8, 4) is 22.6 Å². The molecule has 1 atom stereocenters. The molecule has 41 heavy (non-hydrogen) atoms. The molecule has 0 unspecified atom stereocenters. The Morgan fingerprint density at radius 1 is 0.902 bits per heavy atom. The van der Waals surface area contributed by atoms with Crippen molar-refractivity contribution < 1.29 is 34.6 Å². The monoisotopic (exact) mass is 550 g/mol. The van der Waals surface area contributed by atoms with E-state index in [0.717, 1.165) is 5.39 Å². The number of aliphatic hydroxyl groups is 1. The predicted molar refractivity (Wildman–Crippen MR) is 153 cm³/mol. The molecule has 5 aromatic rings. The third kappa shape index (κ3) is 5.32. The van der Waals surface area contributed by atoms with Crippen molar-refractivity contribution in [3.63, 3.8) is 0 Å². The summed E-state index contributed by atoms with van der Waals surface area (Å²) in [6.07, 6.45) is 1.19. The SMILES string of the molecule is O=C(Oc1ccc2ccccc2c1-c1c(O)c(C=N[C@@H](CO)C(=O)O)cc2ccccc12)c1ccc([N+](=O)[O-])cc1. The van der Waals surface area contributed by atoms with Gasteiger partial charge in [-0.3, -0.25) is 15.1 Å². The van der Waals surface area contributed by atoms with Crippen LogP contribution in [-0.2, 0) is 4.79 Å². The number of carbonyl (C=O) groups is 2. The average molecular weight is 551 g/mol. The lowest BCUT2D eigenvalue weighted by atomic mass is 9.90. The number of carboxylic acids is 1. The van der Waals surface area contributed by atoms with Crippen molar-refractivity contribution in [1.82, 2.24) is 0 Å². The van der Waals surface area contributed by atoms with E-state index >= 15 is 0 Å². The van der Waals surface area contributed by atoms with E-state index in [1.807, 2.05) is 24.3 Å². The molecule has 0 fully saturated rings. The Morgan fingerprint density at radius 3 is 2.17 bits per heavy atom. The van der Waals surface area contributed by atoms with E-state index in [1.165, 1.54) is 30.5 Å². The number of ether oxygens (including phenoxy) is 1. The minimum Gasteiger partial charge on any atom is -0.507 e. The Labute approximate surface area is 232 Å². The third-order valence-corrected chi connectivity index (χ3v) is 6.56. The third-order valence-electron chi connectivity index (χ3n) is 6.56. The number of esters is 1. The molecule has 10 heteroatoms. The van der Waals surface area contributed by atoms with Crippen molar-refractivity contribution in [2.45, 2.75) is 6.04 Å². The first-order chi connectivity index (χ1) is 19.8. The minimum atomic E-state index is -1.42. The lowest BCUT2D eigenvalue weighted by Crippen LogP contribution is -2.22. The summed E-state index contributed by atoms with van der Waals surface area (Å²) in [6, 6.07) is 23.1. The maximum atomic E-state index is 13.1. The van der Waals surface area contributed by atoms with E-state index in [2.05, 4.69) is 4.99 Å². The van der Waals surface area contributed by atoms with Crippen LogP contribution in [0.25, 0.3) is 32.7 Å². The number of nitro benzene ring substituents is 1. The number of fused-ring (bicyclic) bond motifs is 2. The number of carboxylic acid groups (broad SMARTS) is 1. The van der Waals surface area contributed by atoms with E-state index in [4.69, 9.17) is 4.74 Å². The lowest BCUT2D eigenvalue weighted by molar-refractivity contribution is -0.384. The van der Waals surface area contributed by atoms with Crippen molar-refractivity contribution in [2.75, 3.05) is 6.61 Å². The lowest BCUT2D eigenvalue weighted by Gasteiger charge is -2.18. The van der Waals surface area contributed by atoms with Crippen LogP contribution in [0.15, 0.2) is 96.0 Å². The second kappa shape index (κ2) is 11.2. The summed E-state index contributed by atoms with van der Waals surface area (Å²) in [6.45, 7) is -0.723. The fraction of sp³-hybridized carbons (Fsp3) is 0.0645. The van der Waals surface area contributed by atoms with E-state index in [1.54, 1.807) is 42.5 Å². The highest BCUT2D eigenvalue weighted by Gasteiger charge is 2.23. The fourth-order valence-electron chi connectivity index (χ4n) is 4.54. The molecule has 5 aromatic carbocycles. The number of benzene rings is 5. The molecule has 0 aliphatic carbocycles. The summed E-state index contributed by atoms with van der Waals surface area (Å²) in [4.78, 5) is 38.9. The molecule has 204 valence electrons. The number of phenols is 1. The highest BCUT2D eigenvalue weighted by atomic mass is 16.6. The number of aromatic hydroxyl groups is 1. The Kier molecular flexibility index (Phi) is 7.40. The van der Waals surface area contributed by atoms with Gasteiger partial charge in [0.05, 0.1) is 17.1 Å². The topological polar surface area (TPSA) is 160 Å². The van der Waals surface area contributed by atoms with Crippen LogP contribution in [0.4, 0.5) is 5.69 Å². The van der Waals surface area contributed by atoms with Gasteiger partial charge in [-0.15, -0.1) is 0 Å². The second-order valence-corrected chi connectivity index (χ2v) is 9.08. The number of aliphatic hydroxyl groups excluding tert-OH is 1. The standard InChI is InChI=1S/C31H22N2O8/c34-17-25(30(36)37)32-16-21-15-20-6-2-4-8-24(20)28(29(21)35)27-23-7-3-1-5-18(23)11-14-26(27)41-31(38)19-9-12-22(13-10-19)33(39)40/h1-16,25,34-35H,17H2,(H,36,37)/t25-/m0/s1. The molecule has 0 aliphatic heterocycles. The minimum absolute atomic E-state index is 0.0911. The fourth-order valence-corrected chi connectivity index (χ4v) is 4.54. The maximum absolute atomic E-state index is 13.1. The summed E-state index contributed by atoms with van der Waals surface area (Å²) in [7, 11) is 0. The molecule has 10 nitrogen and oxygen atoms in total. The van der Waals surface area contributed by atoms with Crippen molar-refractivity contribution in [2.24, 2.45) is 4.99 Å². The van der Waals surface area contributed by atoms with Crippen LogP contribution in [0.3, 0.4) is 0 Å². The zero-order valence-electron chi connectivity index (χ0n) is 21.3. The van der Waals surface area contributed by atoms with Gasteiger partial charge in [-0.1, -0.05) is 54.6 Å². The van der Waals surface area contributed by atoms with Gasteiger partial charge in [0.2, 0.25) is 0 Å². The maximum Gasteiger partial charge on any atom is 0.343 e. The molecule has 0 saturated carbocycles. The molecule has 0 aromatic heterocycles. The molecule has 0 bridgehead atoms. The molecular formula is C31H22N2O8. The number of rotatable bonds is 8. The molecule has 0 aliphatic rings. The Balaban J connectivity index is 1.72. The normalized spacial score (nSPS) is 12.0. The Hall–Kier alpha value is -5.61. The molecule has 5 rings (SSSR count). The molecule has 0 amide bonds. The first kappa shape index (κ1) is 27.0. The number of carbonyl (C=O) groups excluding carboxylic acids is 1. The van der Waals surface area contributed by atoms with Crippen molar-refractivity contribution in [3.05, 3.63) is 112 Å². The summed E-state index contributed by atoms with van der Waals surface area (Å²) in [5.41, 5.74) is 0.837. The summed E-state index contributed by atoms with van der Waals surface area (Å²) in [5.74, 6) is -2.19. The summed E-state index contributed by atoms with van der Waals surface area (Å²) >= 11 is 0. The number of non-ortho nitro benzene ring substituents is 1. The van der Waals surface area contributed by atoms with Crippen molar-refractivity contribution in [1.29, 1.82) is 0 Å². The zero-order chi connectivity index (χ0) is 29.1. The zero-order valence-corrected chi connectivity index (χ0v) is 21.3. The van der Waals surface area contributed by atoms with Crippen LogP contribution in [-0.4, -0.2) is 51.0 Å². The van der Waals surface area contributed by atoms with Crippen molar-refractivity contribution >= 4 is 45.4 Å². The van der Waals surface area contributed by atoms with Gasteiger partial charge in [-0.05, 0) is 45.8 Å². The highest BCUT2D eigenvalue weighted by molar-refractivity contribution is 6.13. The van der Waals surface area contributed by atoms with Crippen LogP contribution in [0.1, 0.15) is 15.9 Å². The number of hydrogen-bond acceptors (Lipinski definition) is 8. The Morgan fingerprint density at radius 2 is 1.54 bits per heavy atom. The van der Waals surface area contributed by atoms with Gasteiger partial charge in [0.25, 0.3) is 5.69 Å². The van der Waals surface area contributed by atoms with Gasteiger partial charge in [-0.2, -0.15) is 0 Å². The molecule has 3 N–H and O–H groups in total. The molecule has 0 radical (unpaired) electrons. The smallest absolute Gasteiger partial charge is 0.343 e. The van der Waals surface area contributed by atoms with Crippen LogP contribution < -0.4 is 4.74 Å². The summed E-state index contributed by atoms with van der Waals surface area (Å²) in [5, 5.41) is 44.0. The summed E-state index contributed by atoms with van der Waals surface area (Å²) < 4.78 is 5.82. The molecule has 0 heterocycles. The van der Waals surface area contributed by atoms with E-state index < -0.39 is 29.5 Å².